The average molecular weight is 494 g/mol. The van der Waals surface area contributed by atoms with Crippen LogP contribution in [0.5, 0.6) is 0 Å². The zero-order valence-corrected chi connectivity index (χ0v) is 19.8. The van der Waals surface area contributed by atoms with Gasteiger partial charge >= 0.3 is 0 Å². The third-order valence-electron chi connectivity index (χ3n) is 5.02. The van der Waals surface area contributed by atoms with Crippen LogP contribution in [0.2, 0.25) is 0 Å². The van der Waals surface area contributed by atoms with Crippen molar-refractivity contribution in [2.45, 2.75) is 32.2 Å². The van der Waals surface area contributed by atoms with Crippen LogP contribution in [0.4, 0.5) is 5.00 Å². The Bertz CT molecular complexity index is 882. The van der Waals surface area contributed by atoms with Crippen molar-refractivity contribution in [3.05, 3.63) is 50.3 Å². The molecule has 2 N–H and O–H groups in total. The van der Waals surface area contributed by atoms with Crippen LogP contribution in [0.1, 0.15) is 39.2 Å². The van der Waals surface area contributed by atoms with Crippen molar-refractivity contribution in [2.24, 2.45) is 0 Å². The maximum absolute atomic E-state index is 12.8. The summed E-state index contributed by atoms with van der Waals surface area (Å²) >= 11 is 4.98. The van der Waals surface area contributed by atoms with E-state index in [4.69, 9.17) is 4.74 Å². The molecular weight excluding hydrogens is 466 g/mol. The first kappa shape index (κ1) is 22.9. The molecule has 0 aliphatic heterocycles. The number of thiophene rings is 1. The Balaban J connectivity index is 1.67. The highest BCUT2D eigenvalue weighted by molar-refractivity contribution is 9.10. The number of methoxy groups -OCH3 is 1. The van der Waals surface area contributed by atoms with E-state index >= 15 is 0 Å². The molecule has 1 heterocycles. The van der Waals surface area contributed by atoms with E-state index in [-0.39, 0.29) is 18.4 Å². The second kappa shape index (κ2) is 11.0. The number of aryl methyl sites for hydroxylation is 1. The number of ether oxygens (including phenoxy) is 1. The molecule has 1 aromatic heterocycles. The van der Waals surface area contributed by atoms with Crippen molar-refractivity contribution in [3.8, 4) is 0 Å². The molecule has 8 heteroatoms. The zero-order valence-electron chi connectivity index (χ0n) is 17.4. The number of nitrogens with zero attached hydrogens (tertiary/aromatic N) is 1. The van der Waals surface area contributed by atoms with Crippen LogP contribution in [0.25, 0.3) is 0 Å². The lowest BCUT2D eigenvalue weighted by molar-refractivity contribution is -0.117. The number of nitrogens with one attached hydrogen (secondary N) is 2. The number of amides is 2. The molecule has 0 unspecified atom stereocenters. The van der Waals surface area contributed by atoms with Crippen molar-refractivity contribution in [3.63, 3.8) is 0 Å². The van der Waals surface area contributed by atoms with Gasteiger partial charge in [0.2, 0.25) is 5.91 Å². The van der Waals surface area contributed by atoms with Crippen LogP contribution >= 0.6 is 27.3 Å². The summed E-state index contributed by atoms with van der Waals surface area (Å²) in [6.07, 6.45) is 4.06. The molecule has 6 nitrogen and oxygen atoms in total. The van der Waals surface area contributed by atoms with Crippen LogP contribution in [0.3, 0.4) is 0 Å². The molecule has 0 spiro atoms. The lowest BCUT2D eigenvalue weighted by Gasteiger charge is -2.17. The van der Waals surface area contributed by atoms with Crippen LogP contribution in [-0.2, 0) is 28.9 Å². The maximum Gasteiger partial charge on any atom is 0.254 e. The molecule has 0 saturated carbocycles. The van der Waals surface area contributed by atoms with Crippen LogP contribution in [-0.4, -0.2) is 50.6 Å². The SMILES string of the molecule is COCCNC(=O)c1c(NC(=O)CN(C)Cc2ccc(Br)cc2)sc2c1CCCC2. The van der Waals surface area contributed by atoms with E-state index in [2.05, 4.69) is 26.6 Å². The molecular formula is C22H28BrN3O3S. The number of halogens is 1. The smallest absolute Gasteiger partial charge is 0.254 e. The number of likely N-dealkylation sites (N-methyl/N-ethyl adjacent to an activating group) is 1. The fraction of sp³-hybridized carbons (Fsp3) is 0.455. The summed E-state index contributed by atoms with van der Waals surface area (Å²) in [5.41, 5.74) is 2.87. The highest BCUT2D eigenvalue weighted by Gasteiger charge is 2.26. The van der Waals surface area contributed by atoms with E-state index in [1.54, 1.807) is 18.4 Å². The Kier molecular flexibility index (Phi) is 8.44. The van der Waals surface area contributed by atoms with Crippen molar-refractivity contribution >= 4 is 44.1 Å². The number of carbonyl (C=O) groups is 2. The number of hydrogen-bond acceptors (Lipinski definition) is 5. The number of carbonyl (C=O) groups excluding carboxylic acids is 2. The van der Waals surface area contributed by atoms with Gasteiger partial charge < -0.3 is 15.4 Å². The molecule has 1 aliphatic carbocycles. The first-order valence-corrected chi connectivity index (χ1v) is 11.7. The molecule has 0 atom stereocenters. The quantitative estimate of drug-likeness (QED) is 0.520. The second-order valence-electron chi connectivity index (χ2n) is 7.51. The largest absolute Gasteiger partial charge is 0.383 e. The topological polar surface area (TPSA) is 70.7 Å². The Morgan fingerprint density at radius 1 is 1.20 bits per heavy atom. The van der Waals surface area contributed by atoms with E-state index < -0.39 is 0 Å². The molecule has 1 aliphatic rings. The Labute approximate surface area is 190 Å². The monoisotopic (exact) mass is 493 g/mol. The van der Waals surface area contributed by atoms with Gasteiger partial charge in [0, 0.05) is 29.5 Å². The van der Waals surface area contributed by atoms with Crippen molar-refractivity contribution in [1.82, 2.24) is 10.2 Å². The summed E-state index contributed by atoms with van der Waals surface area (Å²) in [6.45, 7) is 1.83. The summed E-state index contributed by atoms with van der Waals surface area (Å²) in [4.78, 5) is 28.7. The summed E-state index contributed by atoms with van der Waals surface area (Å²) in [5, 5.41) is 6.57. The Morgan fingerprint density at radius 2 is 1.93 bits per heavy atom. The average Bonchev–Trinajstić information content (AvgIpc) is 3.07. The van der Waals surface area contributed by atoms with Crippen molar-refractivity contribution < 1.29 is 14.3 Å². The minimum Gasteiger partial charge on any atom is -0.383 e. The first-order valence-electron chi connectivity index (χ1n) is 10.1. The van der Waals surface area contributed by atoms with Gasteiger partial charge in [0.15, 0.2) is 0 Å². The predicted molar refractivity (Wildman–Crippen MR) is 124 cm³/mol. The summed E-state index contributed by atoms with van der Waals surface area (Å²) < 4.78 is 6.06. The van der Waals surface area contributed by atoms with E-state index in [0.29, 0.717) is 30.3 Å². The molecule has 162 valence electrons. The predicted octanol–water partition coefficient (Wildman–Crippen LogP) is 3.84. The number of hydrogen-bond donors (Lipinski definition) is 2. The van der Waals surface area contributed by atoms with E-state index in [1.807, 2.05) is 36.2 Å². The fourth-order valence-electron chi connectivity index (χ4n) is 3.62. The van der Waals surface area contributed by atoms with E-state index in [0.717, 1.165) is 41.3 Å². The third kappa shape index (κ3) is 6.14. The van der Waals surface area contributed by atoms with Gasteiger partial charge in [-0.2, -0.15) is 0 Å². The lowest BCUT2D eigenvalue weighted by atomic mass is 9.95. The van der Waals surface area contributed by atoms with Gasteiger partial charge in [-0.15, -0.1) is 11.3 Å². The molecule has 0 bridgehead atoms. The van der Waals surface area contributed by atoms with Gasteiger partial charge in [-0.1, -0.05) is 28.1 Å². The molecule has 2 amide bonds. The minimum absolute atomic E-state index is 0.112. The highest BCUT2D eigenvalue weighted by Crippen LogP contribution is 2.38. The van der Waals surface area contributed by atoms with Crippen molar-refractivity contribution in [1.29, 1.82) is 0 Å². The molecule has 2 aromatic rings. The Hall–Kier alpha value is -1.74. The van der Waals surface area contributed by atoms with Gasteiger partial charge in [0.05, 0.1) is 18.7 Å². The molecule has 0 saturated heterocycles. The van der Waals surface area contributed by atoms with E-state index in [1.165, 1.54) is 4.88 Å². The Morgan fingerprint density at radius 3 is 2.67 bits per heavy atom. The van der Waals surface area contributed by atoms with Gasteiger partial charge in [-0.25, -0.2) is 0 Å². The van der Waals surface area contributed by atoms with Gasteiger partial charge in [-0.3, -0.25) is 14.5 Å². The van der Waals surface area contributed by atoms with Gasteiger partial charge in [0.1, 0.15) is 5.00 Å². The minimum atomic E-state index is -0.134. The number of fused-ring (bicyclic) bond motifs is 1. The van der Waals surface area contributed by atoms with Crippen LogP contribution in [0, 0.1) is 0 Å². The lowest BCUT2D eigenvalue weighted by Crippen LogP contribution is -2.31. The van der Waals surface area contributed by atoms with Crippen LogP contribution < -0.4 is 10.6 Å². The molecule has 0 radical (unpaired) electrons. The first-order chi connectivity index (χ1) is 14.5. The third-order valence-corrected chi connectivity index (χ3v) is 6.76. The fourth-order valence-corrected chi connectivity index (χ4v) is 5.19. The maximum atomic E-state index is 12.8. The number of benzene rings is 1. The second-order valence-corrected chi connectivity index (χ2v) is 9.53. The number of anilines is 1. The van der Waals surface area contributed by atoms with Crippen LogP contribution in [0.15, 0.2) is 28.7 Å². The number of rotatable bonds is 9. The molecule has 1 aromatic carbocycles. The van der Waals surface area contributed by atoms with Gasteiger partial charge in [0.25, 0.3) is 5.91 Å². The normalized spacial score (nSPS) is 13.2. The van der Waals surface area contributed by atoms with E-state index in [9.17, 15) is 9.59 Å². The summed E-state index contributed by atoms with van der Waals surface area (Å²) in [6, 6.07) is 8.06. The highest BCUT2D eigenvalue weighted by atomic mass is 79.9. The van der Waals surface area contributed by atoms with Gasteiger partial charge in [-0.05, 0) is 56.0 Å². The standard InChI is InChI=1S/C22H28BrN3O3S/c1-26(13-15-7-9-16(23)10-8-15)14-19(27)25-22-20(21(28)24-11-12-29-2)17-5-3-4-6-18(17)30-22/h7-10H,3-6,11-14H2,1-2H3,(H,24,28)(H,25,27). The molecule has 0 fully saturated rings. The molecule has 30 heavy (non-hydrogen) atoms. The molecule has 3 rings (SSSR count). The zero-order chi connectivity index (χ0) is 21.5. The summed E-state index contributed by atoms with van der Waals surface area (Å²) in [7, 11) is 3.52. The summed E-state index contributed by atoms with van der Waals surface area (Å²) in [5.74, 6) is -0.246. The van der Waals surface area contributed by atoms with Crippen molar-refractivity contribution in [2.75, 3.05) is 39.2 Å².